The predicted octanol–water partition coefficient (Wildman–Crippen LogP) is 2.50. The fourth-order valence-corrected chi connectivity index (χ4v) is 2.95. The van der Waals surface area contributed by atoms with E-state index in [1.54, 1.807) is 0 Å². The summed E-state index contributed by atoms with van der Waals surface area (Å²) in [7, 11) is 0. The summed E-state index contributed by atoms with van der Waals surface area (Å²) in [5.74, 6) is 0. The van der Waals surface area contributed by atoms with Crippen molar-refractivity contribution < 1.29 is 0 Å². The molecule has 124 valence electrons. The Kier molecular flexibility index (Phi) is 3.85. The van der Waals surface area contributed by atoms with Gasteiger partial charge in [-0.05, 0) is 24.5 Å². The Balaban J connectivity index is 1.73. The fourth-order valence-electron chi connectivity index (χ4n) is 2.95. The van der Waals surface area contributed by atoms with E-state index in [1.807, 2.05) is 67.6 Å². The van der Waals surface area contributed by atoms with Crippen LogP contribution in [0.3, 0.4) is 0 Å². The van der Waals surface area contributed by atoms with E-state index in [0.29, 0.717) is 18.6 Å². The van der Waals surface area contributed by atoms with Crippen molar-refractivity contribution in [1.82, 2.24) is 24.6 Å². The molecule has 0 saturated heterocycles. The molecule has 25 heavy (non-hydrogen) atoms. The molecule has 0 bridgehead atoms. The van der Waals surface area contributed by atoms with Crippen LogP contribution in [0.1, 0.15) is 11.3 Å². The third kappa shape index (κ3) is 2.82. The lowest BCUT2D eigenvalue weighted by Gasteiger charge is -2.04. The molecule has 0 N–H and O–H groups in total. The van der Waals surface area contributed by atoms with Crippen LogP contribution in [0.4, 0.5) is 0 Å². The van der Waals surface area contributed by atoms with E-state index in [9.17, 15) is 4.79 Å². The van der Waals surface area contributed by atoms with Gasteiger partial charge in [0.2, 0.25) is 0 Å². The van der Waals surface area contributed by atoms with Gasteiger partial charge in [0.1, 0.15) is 0 Å². The monoisotopic (exact) mass is 331 g/mol. The van der Waals surface area contributed by atoms with Crippen molar-refractivity contribution in [3.63, 3.8) is 0 Å². The summed E-state index contributed by atoms with van der Waals surface area (Å²) in [5, 5.41) is 12.8. The van der Waals surface area contributed by atoms with E-state index < -0.39 is 0 Å². The highest BCUT2D eigenvalue weighted by Crippen LogP contribution is 2.25. The molecule has 0 radical (unpaired) electrons. The van der Waals surface area contributed by atoms with Gasteiger partial charge in [-0.3, -0.25) is 0 Å². The van der Waals surface area contributed by atoms with E-state index in [-0.39, 0.29) is 5.69 Å². The summed E-state index contributed by atoms with van der Waals surface area (Å²) in [6.07, 6.45) is 0.715. The highest BCUT2D eigenvalue weighted by Gasteiger charge is 2.16. The zero-order valence-corrected chi connectivity index (χ0v) is 13.8. The van der Waals surface area contributed by atoms with Crippen LogP contribution in [0, 0.1) is 6.92 Å². The lowest BCUT2D eigenvalue weighted by molar-refractivity contribution is 0.508. The van der Waals surface area contributed by atoms with Crippen LogP contribution in [0.5, 0.6) is 0 Å². The number of hydrogen-bond acceptors (Lipinski definition) is 4. The first kappa shape index (κ1) is 15.3. The number of aromatic nitrogens is 5. The summed E-state index contributed by atoms with van der Waals surface area (Å²) in [5.41, 5.74) is 3.96. The minimum Gasteiger partial charge on any atom is -0.244 e. The lowest BCUT2D eigenvalue weighted by Crippen LogP contribution is -2.31. The van der Waals surface area contributed by atoms with Crippen molar-refractivity contribution in [2.24, 2.45) is 0 Å². The van der Waals surface area contributed by atoms with E-state index in [1.165, 1.54) is 9.20 Å². The van der Waals surface area contributed by atoms with Crippen molar-refractivity contribution in [3.8, 4) is 11.1 Å². The highest BCUT2D eigenvalue weighted by atomic mass is 16.2. The van der Waals surface area contributed by atoms with Gasteiger partial charge in [0.25, 0.3) is 0 Å². The van der Waals surface area contributed by atoms with Crippen LogP contribution in [0.25, 0.3) is 16.8 Å². The van der Waals surface area contributed by atoms with Gasteiger partial charge in [-0.1, -0.05) is 65.9 Å². The maximum Gasteiger partial charge on any atom is 0.368 e. The van der Waals surface area contributed by atoms with E-state index in [2.05, 4.69) is 15.4 Å². The molecule has 0 aliphatic rings. The van der Waals surface area contributed by atoms with Crippen molar-refractivity contribution in [2.75, 3.05) is 0 Å². The van der Waals surface area contributed by atoms with Crippen molar-refractivity contribution in [3.05, 3.63) is 82.4 Å². The van der Waals surface area contributed by atoms with E-state index in [4.69, 9.17) is 0 Å². The summed E-state index contributed by atoms with van der Waals surface area (Å²) < 4.78 is 2.71. The topological polar surface area (TPSA) is 65.1 Å². The van der Waals surface area contributed by atoms with Crippen LogP contribution in [0.2, 0.25) is 0 Å². The van der Waals surface area contributed by atoms with Crippen molar-refractivity contribution in [2.45, 2.75) is 19.9 Å². The number of fused-ring (bicyclic) bond motifs is 1. The molecule has 0 aliphatic carbocycles. The van der Waals surface area contributed by atoms with Gasteiger partial charge in [-0.2, -0.15) is 14.3 Å². The van der Waals surface area contributed by atoms with Gasteiger partial charge in [0.05, 0.1) is 17.8 Å². The number of nitrogens with zero attached hydrogens (tertiary/aromatic N) is 5. The van der Waals surface area contributed by atoms with Gasteiger partial charge in [0.15, 0.2) is 5.65 Å². The molecule has 6 nitrogen and oxygen atoms in total. The fraction of sp³-hybridized carbons (Fsp3) is 0.158. The maximum absolute atomic E-state index is 12.7. The van der Waals surface area contributed by atoms with Gasteiger partial charge < -0.3 is 0 Å². The number of benzene rings is 2. The largest absolute Gasteiger partial charge is 0.368 e. The zero-order valence-electron chi connectivity index (χ0n) is 13.8. The van der Waals surface area contributed by atoms with Crippen molar-refractivity contribution in [1.29, 1.82) is 0 Å². The second-order valence-corrected chi connectivity index (χ2v) is 5.89. The molecule has 4 aromatic rings. The Labute approximate surface area is 144 Å². The van der Waals surface area contributed by atoms with Crippen LogP contribution in [-0.2, 0) is 13.0 Å². The molecule has 0 aliphatic heterocycles. The highest BCUT2D eigenvalue weighted by molar-refractivity contribution is 5.79. The Morgan fingerprint density at radius 2 is 1.64 bits per heavy atom. The van der Waals surface area contributed by atoms with Crippen LogP contribution < -0.4 is 5.69 Å². The summed E-state index contributed by atoms with van der Waals surface area (Å²) in [4.78, 5) is 12.7. The molecule has 0 atom stereocenters. The molecular formula is C19H17N5O. The molecule has 0 unspecified atom stereocenters. The lowest BCUT2D eigenvalue weighted by atomic mass is 10.1. The first-order valence-corrected chi connectivity index (χ1v) is 8.16. The average Bonchev–Trinajstić information content (AvgIpc) is 3.00. The van der Waals surface area contributed by atoms with Gasteiger partial charge in [0, 0.05) is 0 Å². The van der Waals surface area contributed by atoms with Crippen molar-refractivity contribution >= 4 is 5.65 Å². The molecule has 2 aromatic heterocycles. The van der Waals surface area contributed by atoms with Crippen LogP contribution >= 0.6 is 0 Å². The summed E-state index contributed by atoms with van der Waals surface area (Å²) in [6.45, 7) is 2.34. The van der Waals surface area contributed by atoms with E-state index >= 15 is 0 Å². The maximum atomic E-state index is 12.7. The van der Waals surface area contributed by atoms with Crippen LogP contribution in [-0.4, -0.2) is 24.6 Å². The molecule has 2 heterocycles. The molecular weight excluding hydrogens is 314 g/mol. The molecule has 0 amide bonds. The summed E-state index contributed by atoms with van der Waals surface area (Å²) >= 11 is 0. The molecule has 0 saturated carbocycles. The normalized spacial score (nSPS) is 11.1. The number of aryl methyl sites for hydroxylation is 3. The first-order valence-electron chi connectivity index (χ1n) is 8.16. The second-order valence-electron chi connectivity index (χ2n) is 5.89. The van der Waals surface area contributed by atoms with Gasteiger partial charge in [-0.15, -0.1) is 5.10 Å². The Morgan fingerprint density at radius 3 is 2.36 bits per heavy atom. The Bertz CT molecular complexity index is 1070. The van der Waals surface area contributed by atoms with Crippen LogP contribution in [0.15, 0.2) is 65.5 Å². The quantitative estimate of drug-likeness (QED) is 0.576. The van der Waals surface area contributed by atoms with Gasteiger partial charge >= 0.3 is 5.69 Å². The smallest absolute Gasteiger partial charge is 0.244 e. The number of rotatable bonds is 4. The number of hydrogen-bond donors (Lipinski definition) is 0. The minimum atomic E-state index is -0.272. The first-order chi connectivity index (χ1) is 12.2. The van der Waals surface area contributed by atoms with E-state index in [0.717, 1.165) is 22.4 Å². The molecule has 4 rings (SSSR count). The second kappa shape index (κ2) is 6.32. The standard InChI is InChI=1S/C19H17N5O/c1-14-17(16-10-6-3-7-11-16)18-20-22-23(19(25)24(18)21-14)13-12-15-8-4-2-5-9-15/h2-11H,12-13H2,1H3. The van der Waals surface area contributed by atoms with Gasteiger partial charge in [-0.25, -0.2) is 4.79 Å². The third-order valence-electron chi connectivity index (χ3n) is 4.20. The molecule has 2 aromatic carbocycles. The molecule has 0 spiro atoms. The minimum absolute atomic E-state index is 0.272. The third-order valence-corrected chi connectivity index (χ3v) is 4.20. The summed E-state index contributed by atoms with van der Waals surface area (Å²) in [6, 6.07) is 19.8. The Morgan fingerprint density at radius 1 is 0.960 bits per heavy atom. The predicted molar refractivity (Wildman–Crippen MR) is 95.4 cm³/mol. The zero-order chi connectivity index (χ0) is 17.2. The molecule has 6 heteroatoms. The Hall–Kier alpha value is -3.28. The molecule has 0 fully saturated rings. The SMILES string of the molecule is Cc1nn2c(=O)n(CCc3ccccc3)nnc2c1-c1ccccc1. The average molecular weight is 331 g/mol.